The van der Waals surface area contributed by atoms with Crippen molar-refractivity contribution in [1.29, 1.82) is 0 Å². The summed E-state index contributed by atoms with van der Waals surface area (Å²) in [6, 6.07) is 5.13. The first-order valence-corrected chi connectivity index (χ1v) is 6.53. The maximum absolute atomic E-state index is 13.0. The number of rotatable bonds is 6. The lowest BCUT2D eigenvalue weighted by atomic mass is 10.1. The van der Waals surface area contributed by atoms with E-state index >= 15 is 0 Å². The van der Waals surface area contributed by atoms with Gasteiger partial charge in [-0.2, -0.15) is 0 Å². The largest absolute Gasteiger partial charge is 0.313 e. The Labute approximate surface area is 106 Å². The first-order valence-electron chi connectivity index (χ1n) is 5.74. The van der Waals surface area contributed by atoms with Gasteiger partial charge in [0.1, 0.15) is 5.82 Å². The van der Waals surface area contributed by atoms with Gasteiger partial charge in [0, 0.05) is 6.54 Å². The third kappa shape index (κ3) is 5.08. The first kappa shape index (κ1) is 13.7. The predicted molar refractivity (Wildman–Crippen MR) is 69.9 cm³/mol. The molecule has 1 rings (SSSR count). The van der Waals surface area contributed by atoms with Gasteiger partial charge in [-0.25, -0.2) is 4.39 Å². The first-order chi connectivity index (χ1) is 7.59. The summed E-state index contributed by atoms with van der Waals surface area (Å²) in [6.45, 7) is 6.29. The van der Waals surface area contributed by atoms with E-state index < -0.39 is 0 Å². The van der Waals surface area contributed by atoms with Crippen LogP contribution in [-0.4, -0.2) is 6.54 Å². The number of halogens is 2. The molecule has 16 heavy (non-hydrogen) atoms. The molecule has 0 radical (unpaired) electrons. The second-order valence-corrected chi connectivity index (χ2v) is 5.32. The van der Waals surface area contributed by atoms with Crippen LogP contribution in [0.1, 0.15) is 32.3 Å². The zero-order valence-electron chi connectivity index (χ0n) is 9.89. The monoisotopic (exact) mass is 287 g/mol. The Morgan fingerprint density at radius 3 is 2.75 bits per heavy atom. The van der Waals surface area contributed by atoms with E-state index in [1.165, 1.54) is 18.9 Å². The van der Waals surface area contributed by atoms with E-state index in [1.807, 2.05) is 12.1 Å². The number of hydrogen-bond acceptors (Lipinski definition) is 1. The fraction of sp³-hybridized carbons (Fsp3) is 0.538. The van der Waals surface area contributed by atoms with Crippen molar-refractivity contribution in [3.63, 3.8) is 0 Å². The highest BCUT2D eigenvalue weighted by Gasteiger charge is 2.00. The lowest BCUT2D eigenvalue weighted by Gasteiger charge is -2.07. The van der Waals surface area contributed by atoms with Crippen molar-refractivity contribution in [3.05, 3.63) is 34.1 Å². The SMILES string of the molecule is CC(C)CCCNCc1ccc(F)c(Br)c1. The predicted octanol–water partition coefficient (Wildman–Crippen LogP) is 4.11. The molecular formula is C13H19BrFN. The lowest BCUT2D eigenvalue weighted by molar-refractivity contribution is 0.527. The van der Waals surface area contributed by atoms with Crippen molar-refractivity contribution >= 4 is 15.9 Å². The van der Waals surface area contributed by atoms with Crippen molar-refractivity contribution in [3.8, 4) is 0 Å². The summed E-state index contributed by atoms with van der Waals surface area (Å²) in [4.78, 5) is 0. The van der Waals surface area contributed by atoms with E-state index in [2.05, 4.69) is 35.1 Å². The molecule has 90 valence electrons. The van der Waals surface area contributed by atoms with Crippen molar-refractivity contribution < 1.29 is 4.39 Å². The summed E-state index contributed by atoms with van der Waals surface area (Å²) in [5.41, 5.74) is 1.11. The molecule has 0 unspecified atom stereocenters. The molecule has 0 aromatic heterocycles. The van der Waals surface area contributed by atoms with Gasteiger partial charge in [-0.3, -0.25) is 0 Å². The summed E-state index contributed by atoms with van der Waals surface area (Å²) in [7, 11) is 0. The van der Waals surface area contributed by atoms with Gasteiger partial charge in [-0.1, -0.05) is 19.9 Å². The van der Waals surface area contributed by atoms with Gasteiger partial charge in [0.15, 0.2) is 0 Å². The van der Waals surface area contributed by atoms with Gasteiger partial charge in [-0.05, 0) is 58.9 Å². The molecule has 1 aromatic rings. The molecule has 0 heterocycles. The topological polar surface area (TPSA) is 12.0 Å². The number of nitrogens with one attached hydrogen (secondary N) is 1. The van der Waals surface area contributed by atoms with Gasteiger partial charge in [0.05, 0.1) is 4.47 Å². The van der Waals surface area contributed by atoms with E-state index in [0.717, 1.165) is 24.6 Å². The molecule has 1 nitrogen and oxygen atoms in total. The Hall–Kier alpha value is -0.410. The Morgan fingerprint density at radius 2 is 2.12 bits per heavy atom. The zero-order chi connectivity index (χ0) is 12.0. The van der Waals surface area contributed by atoms with Crippen LogP contribution in [0.25, 0.3) is 0 Å². The minimum Gasteiger partial charge on any atom is -0.313 e. The van der Waals surface area contributed by atoms with Crippen molar-refractivity contribution in [2.75, 3.05) is 6.54 Å². The minimum absolute atomic E-state index is 0.205. The van der Waals surface area contributed by atoms with Crippen molar-refractivity contribution in [2.45, 2.75) is 33.2 Å². The maximum atomic E-state index is 13.0. The molecular weight excluding hydrogens is 269 g/mol. The van der Waals surface area contributed by atoms with Crippen LogP contribution >= 0.6 is 15.9 Å². The average molecular weight is 288 g/mol. The number of benzene rings is 1. The maximum Gasteiger partial charge on any atom is 0.137 e. The molecule has 0 amide bonds. The van der Waals surface area contributed by atoms with Crippen LogP contribution in [0.15, 0.2) is 22.7 Å². The molecule has 0 aliphatic rings. The van der Waals surface area contributed by atoms with Gasteiger partial charge in [-0.15, -0.1) is 0 Å². The molecule has 0 atom stereocenters. The van der Waals surface area contributed by atoms with E-state index in [0.29, 0.717) is 4.47 Å². The third-order valence-corrected chi connectivity index (χ3v) is 3.06. The standard InChI is InChI=1S/C13H19BrFN/c1-10(2)4-3-7-16-9-11-5-6-13(15)12(14)8-11/h5-6,8,10,16H,3-4,7,9H2,1-2H3. The molecule has 1 aromatic carbocycles. The van der Waals surface area contributed by atoms with Gasteiger partial charge >= 0.3 is 0 Å². The lowest BCUT2D eigenvalue weighted by Crippen LogP contribution is -2.15. The normalized spacial score (nSPS) is 11.1. The quantitative estimate of drug-likeness (QED) is 0.777. The van der Waals surface area contributed by atoms with Crippen LogP contribution in [0.2, 0.25) is 0 Å². The molecule has 0 bridgehead atoms. The molecule has 1 N–H and O–H groups in total. The highest BCUT2D eigenvalue weighted by molar-refractivity contribution is 9.10. The minimum atomic E-state index is -0.205. The zero-order valence-corrected chi connectivity index (χ0v) is 11.5. The van der Waals surface area contributed by atoms with Gasteiger partial charge in [0.25, 0.3) is 0 Å². The van der Waals surface area contributed by atoms with Crippen LogP contribution in [0.3, 0.4) is 0 Å². The Bertz CT molecular complexity index is 326. The molecule has 0 saturated carbocycles. The summed E-state index contributed by atoms with van der Waals surface area (Å²) < 4.78 is 13.5. The second kappa shape index (κ2) is 7.02. The Morgan fingerprint density at radius 1 is 1.38 bits per heavy atom. The van der Waals surface area contributed by atoms with Gasteiger partial charge in [0.2, 0.25) is 0 Å². The van der Waals surface area contributed by atoms with Crippen LogP contribution < -0.4 is 5.32 Å². The van der Waals surface area contributed by atoms with E-state index in [-0.39, 0.29) is 5.82 Å². The molecule has 0 aliphatic heterocycles. The second-order valence-electron chi connectivity index (χ2n) is 4.46. The highest BCUT2D eigenvalue weighted by Crippen LogP contribution is 2.16. The van der Waals surface area contributed by atoms with Crippen LogP contribution in [0, 0.1) is 11.7 Å². The fourth-order valence-electron chi connectivity index (χ4n) is 1.52. The van der Waals surface area contributed by atoms with Crippen LogP contribution in [0.5, 0.6) is 0 Å². The van der Waals surface area contributed by atoms with Gasteiger partial charge < -0.3 is 5.32 Å². The summed E-state index contributed by atoms with van der Waals surface area (Å²) in [5, 5.41) is 3.36. The van der Waals surface area contributed by atoms with E-state index in [9.17, 15) is 4.39 Å². The molecule has 0 saturated heterocycles. The van der Waals surface area contributed by atoms with Crippen molar-refractivity contribution in [1.82, 2.24) is 5.32 Å². The fourth-order valence-corrected chi connectivity index (χ4v) is 1.94. The number of hydrogen-bond donors (Lipinski definition) is 1. The van der Waals surface area contributed by atoms with Crippen LogP contribution in [0.4, 0.5) is 4.39 Å². The summed E-state index contributed by atoms with van der Waals surface area (Å²) in [5.74, 6) is 0.560. The van der Waals surface area contributed by atoms with E-state index in [1.54, 1.807) is 0 Å². The molecule has 3 heteroatoms. The van der Waals surface area contributed by atoms with Crippen molar-refractivity contribution in [2.24, 2.45) is 5.92 Å². The van der Waals surface area contributed by atoms with Crippen LogP contribution in [-0.2, 0) is 6.54 Å². The highest BCUT2D eigenvalue weighted by atomic mass is 79.9. The molecule has 0 spiro atoms. The third-order valence-electron chi connectivity index (χ3n) is 2.45. The smallest absolute Gasteiger partial charge is 0.137 e. The average Bonchev–Trinajstić information content (AvgIpc) is 2.22. The molecule has 0 aliphatic carbocycles. The molecule has 0 fully saturated rings. The Kier molecular flexibility index (Phi) is 5.99. The summed E-state index contributed by atoms with van der Waals surface area (Å²) in [6.07, 6.45) is 2.44. The summed E-state index contributed by atoms with van der Waals surface area (Å²) >= 11 is 3.18. The van der Waals surface area contributed by atoms with E-state index in [4.69, 9.17) is 0 Å². The Balaban J connectivity index is 2.24.